The molecular formula is C21H23NO3. The molecule has 0 fully saturated rings. The van der Waals surface area contributed by atoms with Gasteiger partial charge in [0.2, 0.25) is 0 Å². The molecule has 130 valence electrons. The maximum Gasteiger partial charge on any atom is 0.336 e. The van der Waals surface area contributed by atoms with Gasteiger partial charge in [0, 0.05) is 30.6 Å². The molecule has 0 saturated carbocycles. The highest BCUT2D eigenvalue weighted by Crippen LogP contribution is 2.23. The summed E-state index contributed by atoms with van der Waals surface area (Å²) in [6, 6.07) is 17.6. The van der Waals surface area contributed by atoms with Crippen molar-refractivity contribution in [2.24, 2.45) is 0 Å². The van der Waals surface area contributed by atoms with Crippen molar-refractivity contribution < 1.29 is 9.15 Å². The van der Waals surface area contributed by atoms with E-state index in [1.807, 2.05) is 18.2 Å². The Bertz CT molecular complexity index is 887. The molecule has 1 heterocycles. The minimum atomic E-state index is -0.340. The normalized spacial score (nSPS) is 12.2. The number of rotatable bonds is 7. The van der Waals surface area contributed by atoms with Crippen molar-refractivity contribution in [2.75, 3.05) is 13.7 Å². The van der Waals surface area contributed by atoms with E-state index in [0.717, 1.165) is 23.9 Å². The summed E-state index contributed by atoms with van der Waals surface area (Å²) in [6.07, 6.45) is 1.06. The standard InChI is InChI=1S/C21H23NO3/c1-3-15(16-7-5-4-6-8-16)13-22-14-17-11-21(23)25-20-12-18(24-2)9-10-19(17)20/h4-12,15,22H,3,13-14H2,1-2H3/t15-/m1/s1. The SMILES string of the molecule is CC[C@H](CNCc1cc(=O)oc2cc(OC)ccc12)c1ccccc1. The first kappa shape index (κ1) is 17.2. The van der Waals surface area contributed by atoms with E-state index in [1.165, 1.54) is 5.56 Å². The fourth-order valence-electron chi connectivity index (χ4n) is 3.09. The fourth-order valence-corrected chi connectivity index (χ4v) is 3.09. The Balaban J connectivity index is 1.75. The summed E-state index contributed by atoms with van der Waals surface area (Å²) in [4.78, 5) is 11.8. The second kappa shape index (κ2) is 7.99. The molecule has 1 aromatic heterocycles. The lowest BCUT2D eigenvalue weighted by atomic mass is 9.96. The molecule has 0 aliphatic carbocycles. The van der Waals surface area contributed by atoms with Gasteiger partial charge in [-0.05, 0) is 35.6 Å². The Hall–Kier alpha value is -2.59. The van der Waals surface area contributed by atoms with Gasteiger partial charge in [-0.25, -0.2) is 4.79 Å². The summed E-state index contributed by atoms with van der Waals surface area (Å²) < 4.78 is 10.5. The lowest BCUT2D eigenvalue weighted by molar-refractivity contribution is 0.414. The zero-order chi connectivity index (χ0) is 17.6. The monoisotopic (exact) mass is 337 g/mol. The van der Waals surface area contributed by atoms with Crippen LogP contribution in [0.25, 0.3) is 11.0 Å². The van der Waals surface area contributed by atoms with Gasteiger partial charge in [-0.1, -0.05) is 37.3 Å². The third-order valence-electron chi connectivity index (χ3n) is 4.51. The van der Waals surface area contributed by atoms with Crippen LogP contribution >= 0.6 is 0 Å². The first-order valence-corrected chi connectivity index (χ1v) is 8.57. The molecule has 4 heteroatoms. The molecule has 0 aliphatic rings. The molecule has 0 spiro atoms. The number of fused-ring (bicyclic) bond motifs is 1. The average molecular weight is 337 g/mol. The van der Waals surface area contributed by atoms with Crippen LogP contribution in [0.15, 0.2) is 63.8 Å². The molecule has 0 unspecified atom stereocenters. The second-order valence-electron chi connectivity index (χ2n) is 6.10. The fraction of sp³-hybridized carbons (Fsp3) is 0.286. The zero-order valence-corrected chi connectivity index (χ0v) is 14.6. The first-order chi connectivity index (χ1) is 12.2. The van der Waals surface area contributed by atoms with Gasteiger partial charge in [-0.15, -0.1) is 0 Å². The molecule has 2 aromatic carbocycles. The second-order valence-corrected chi connectivity index (χ2v) is 6.10. The van der Waals surface area contributed by atoms with Crippen LogP contribution in [0.4, 0.5) is 0 Å². The average Bonchev–Trinajstić information content (AvgIpc) is 2.65. The van der Waals surface area contributed by atoms with E-state index >= 15 is 0 Å². The largest absolute Gasteiger partial charge is 0.497 e. The van der Waals surface area contributed by atoms with Gasteiger partial charge < -0.3 is 14.5 Å². The summed E-state index contributed by atoms with van der Waals surface area (Å²) in [5, 5.41) is 4.42. The van der Waals surface area contributed by atoms with E-state index < -0.39 is 0 Å². The topological polar surface area (TPSA) is 51.5 Å². The molecule has 0 aliphatic heterocycles. The van der Waals surface area contributed by atoms with Gasteiger partial charge in [0.05, 0.1) is 7.11 Å². The lowest BCUT2D eigenvalue weighted by Gasteiger charge is -2.16. The Morgan fingerprint density at radius 2 is 1.92 bits per heavy atom. The molecular weight excluding hydrogens is 314 g/mol. The van der Waals surface area contributed by atoms with Gasteiger partial charge in [0.25, 0.3) is 0 Å². The molecule has 0 amide bonds. The molecule has 0 radical (unpaired) electrons. The van der Waals surface area contributed by atoms with Crippen molar-refractivity contribution in [3.05, 3.63) is 76.1 Å². The Morgan fingerprint density at radius 1 is 1.12 bits per heavy atom. The zero-order valence-electron chi connectivity index (χ0n) is 14.6. The molecule has 4 nitrogen and oxygen atoms in total. The summed E-state index contributed by atoms with van der Waals surface area (Å²) in [6.45, 7) is 3.67. The quantitative estimate of drug-likeness (QED) is 0.660. The van der Waals surface area contributed by atoms with Crippen molar-refractivity contribution >= 4 is 11.0 Å². The van der Waals surface area contributed by atoms with Gasteiger partial charge in [-0.2, -0.15) is 0 Å². The molecule has 0 saturated heterocycles. The van der Waals surface area contributed by atoms with Crippen molar-refractivity contribution in [1.29, 1.82) is 0 Å². The smallest absolute Gasteiger partial charge is 0.336 e. The van der Waals surface area contributed by atoms with E-state index in [2.05, 4.69) is 36.5 Å². The van der Waals surface area contributed by atoms with Crippen molar-refractivity contribution in [3.63, 3.8) is 0 Å². The van der Waals surface area contributed by atoms with Crippen LogP contribution in [0.2, 0.25) is 0 Å². The van der Waals surface area contributed by atoms with Crippen LogP contribution in [-0.4, -0.2) is 13.7 Å². The minimum Gasteiger partial charge on any atom is -0.497 e. The summed E-state index contributed by atoms with van der Waals surface area (Å²) in [7, 11) is 1.60. The molecule has 3 aromatic rings. The highest BCUT2D eigenvalue weighted by Gasteiger charge is 2.10. The third kappa shape index (κ3) is 4.09. The molecule has 0 bridgehead atoms. The van der Waals surface area contributed by atoms with Crippen molar-refractivity contribution in [2.45, 2.75) is 25.8 Å². The number of hydrogen-bond acceptors (Lipinski definition) is 4. The van der Waals surface area contributed by atoms with E-state index in [9.17, 15) is 4.79 Å². The number of methoxy groups -OCH3 is 1. The molecule has 3 rings (SSSR count). The van der Waals surface area contributed by atoms with Crippen LogP contribution in [0, 0.1) is 0 Å². The number of hydrogen-bond donors (Lipinski definition) is 1. The lowest BCUT2D eigenvalue weighted by Crippen LogP contribution is -2.21. The van der Waals surface area contributed by atoms with E-state index in [4.69, 9.17) is 9.15 Å². The van der Waals surface area contributed by atoms with Gasteiger partial charge in [0.1, 0.15) is 11.3 Å². The summed E-state index contributed by atoms with van der Waals surface area (Å²) >= 11 is 0. The van der Waals surface area contributed by atoms with Crippen LogP contribution < -0.4 is 15.7 Å². The Kier molecular flexibility index (Phi) is 5.51. The van der Waals surface area contributed by atoms with Crippen LogP contribution in [0.3, 0.4) is 0 Å². The van der Waals surface area contributed by atoms with Crippen molar-refractivity contribution in [1.82, 2.24) is 5.32 Å². The number of benzene rings is 2. The molecule has 25 heavy (non-hydrogen) atoms. The highest BCUT2D eigenvalue weighted by atomic mass is 16.5. The highest BCUT2D eigenvalue weighted by molar-refractivity contribution is 5.81. The maximum absolute atomic E-state index is 11.8. The van der Waals surface area contributed by atoms with Gasteiger partial charge in [0.15, 0.2) is 0 Å². The first-order valence-electron chi connectivity index (χ1n) is 8.57. The molecule has 1 atom stereocenters. The summed E-state index contributed by atoms with van der Waals surface area (Å²) in [5.41, 5.74) is 2.49. The van der Waals surface area contributed by atoms with Crippen LogP contribution in [0.1, 0.15) is 30.4 Å². The maximum atomic E-state index is 11.8. The van der Waals surface area contributed by atoms with Crippen molar-refractivity contribution in [3.8, 4) is 5.75 Å². The van der Waals surface area contributed by atoms with Gasteiger partial charge in [-0.3, -0.25) is 0 Å². The predicted octanol–water partition coefficient (Wildman–Crippen LogP) is 4.09. The third-order valence-corrected chi connectivity index (χ3v) is 4.51. The van der Waals surface area contributed by atoms with Gasteiger partial charge >= 0.3 is 5.63 Å². The van der Waals surface area contributed by atoms with E-state index in [-0.39, 0.29) is 5.63 Å². The summed E-state index contributed by atoms with van der Waals surface area (Å²) in [5.74, 6) is 1.13. The number of nitrogens with one attached hydrogen (secondary N) is 1. The predicted molar refractivity (Wildman–Crippen MR) is 100 cm³/mol. The number of ether oxygens (including phenoxy) is 1. The van der Waals surface area contributed by atoms with Crippen LogP contribution in [0.5, 0.6) is 5.75 Å². The van der Waals surface area contributed by atoms with Crippen LogP contribution in [-0.2, 0) is 6.54 Å². The van der Waals surface area contributed by atoms with E-state index in [0.29, 0.717) is 23.8 Å². The Morgan fingerprint density at radius 3 is 2.64 bits per heavy atom. The van der Waals surface area contributed by atoms with E-state index in [1.54, 1.807) is 19.2 Å². The molecule has 1 N–H and O–H groups in total. The Labute approximate surface area is 147 Å². The minimum absolute atomic E-state index is 0.340.